The summed E-state index contributed by atoms with van der Waals surface area (Å²) in [4.78, 5) is 15.1. The van der Waals surface area contributed by atoms with E-state index >= 15 is 0 Å². The van der Waals surface area contributed by atoms with Crippen LogP contribution in [0, 0.1) is 0 Å². The van der Waals surface area contributed by atoms with Crippen molar-refractivity contribution in [3.05, 3.63) is 70.8 Å². The van der Waals surface area contributed by atoms with E-state index in [4.69, 9.17) is 16.3 Å². The quantitative estimate of drug-likeness (QED) is 0.312. The van der Waals surface area contributed by atoms with Crippen LogP contribution in [0.2, 0.25) is 5.02 Å². The molecule has 0 fully saturated rings. The van der Waals surface area contributed by atoms with E-state index in [0.717, 1.165) is 39.5 Å². The van der Waals surface area contributed by atoms with Gasteiger partial charge in [0, 0.05) is 49.6 Å². The van der Waals surface area contributed by atoms with Crippen LogP contribution in [0.3, 0.4) is 0 Å². The maximum absolute atomic E-state index is 13.9. The molecule has 42 heavy (non-hydrogen) atoms. The lowest BCUT2D eigenvalue weighted by molar-refractivity contribution is -0.124. The second-order valence-electron chi connectivity index (χ2n) is 10.6. The van der Waals surface area contributed by atoms with Crippen molar-refractivity contribution < 1.29 is 17.9 Å². The molecule has 1 amide bonds. The van der Waals surface area contributed by atoms with Gasteiger partial charge in [-0.05, 0) is 44.7 Å². The van der Waals surface area contributed by atoms with Gasteiger partial charge in [-0.1, -0.05) is 28.9 Å². The molecule has 0 saturated carbocycles. The zero-order chi connectivity index (χ0) is 29.6. The van der Waals surface area contributed by atoms with E-state index in [9.17, 15) is 13.2 Å². The Kier molecular flexibility index (Phi) is 7.64. The van der Waals surface area contributed by atoms with Crippen LogP contribution >= 0.6 is 23.3 Å². The van der Waals surface area contributed by atoms with Crippen LogP contribution in [-0.2, 0) is 27.8 Å². The lowest BCUT2D eigenvalue weighted by atomic mass is 9.98. The number of hydrogen-bond donors (Lipinski definition) is 1. The van der Waals surface area contributed by atoms with Gasteiger partial charge in [-0.3, -0.25) is 14.0 Å². The maximum atomic E-state index is 13.9. The third-order valence-corrected chi connectivity index (χ3v) is 10.4. The number of aromatic nitrogens is 5. The predicted molar refractivity (Wildman–Crippen MR) is 158 cm³/mol. The largest absolute Gasteiger partial charge is 0.493 e. The van der Waals surface area contributed by atoms with Gasteiger partial charge in [-0.15, -0.1) is 5.10 Å². The molecule has 15 heteroatoms. The molecule has 2 atom stereocenters. The Labute approximate surface area is 252 Å². The summed E-state index contributed by atoms with van der Waals surface area (Å²) in [6, 6.07) is 8.50. The second kappa shape index (κ2) is 11.2. The average molecular weight is 629 g/mol. The summed E-state index contributed by atoms with van der Waals surface area (Å²) < 4.78 is 44.8. The first kappa shape index (κ1) is 28.5. The summed E-state index contributed by atoms with van der Waals surface area (Å²) in [6.45, 7) is 5.64. The predicted octanol–water partition coefficient (Wildman–Crippen LogP) is 3.35. The van der Waals surface area contributed by atoms with Crippen molar-refractivity contribution in [1.29, 1.82) is 0 Å². The molecule has 6 rings (SSSR count). The fraction of sp³-hybridized carbons (Fsp3) is 0.370. The zero-order valence-electron chi connectivity index (χ0n) is 23.1. The molecule has 1 N–H and O–H groups in total. The van der Waals surface area contributed by atoms with Crippen molar-refractivity contribution in [1.82, 2.24) is 38.3 Å². The van der Waals surface area contributed by atoms with Gasteiger partial charge in [0.25, 0.3) is 10.0 Å². The topological polar surface area (TPSA) is 135 Å². The fourth-order valence-corrected chi connectivity index (χ4v) is 7.80. The van der Waals surface area contributed by atoms with Gasteiger partial charge < -0.3 is 10.1 Å². The number of nitrogens with one attached hydrogen (secondary N) is 1. The third kappa shape index (κ3) is 5.23. The average Bonchev–Trinajstić information content (AvgIpc) is 3.63. The smallest absolute Gasteiger partial charge is 0.268 e. The number of fused-ring (bicyclic) bond motifs is 2. The summed E-state index contributed by atoms with van der Waals surface area (Å²) >= 11 is 7.24. The molecule has 2 unspecified atom stereocenters. The van der Waals surface area contributed by atoms with Gasteiger partial charge in [0.2, 0.25) is 5.91 Å². The zero-order valence-corrected chi connectivity index (χ0v) is 25.5. The van der Waals surface area contributed by atoms with Crippen LogP contribution in [-0.4, -0.2) is 73.0 Å². The maximum Gasteiger partial charge on any atom is 0.268 e. The fourth-order valence-electron chi connectivity index (χ4n) is 5.11. The van der Waals surface area contributed by atoms with Crippen LogP contribution < -0.4 is 10.1 Å². The molecule has 4 aromatic rings. The van der Waals surface area contributed by atoms with Crippen LogP contribution in [0.15, 0.2) is 53.8 Å². The normalized spacial score (nSPS) is 18.9. The Morgan fingerprint density at radius 3 is 2.88 bits per heavy atom. The summed E-state index contributed by atoms with van der Waals surface area (Å²) in [5.74, 6) is 0.320. The molecule has 12 nitrogen and oxygen atoms in total. The van der Waals surface area contributed by atoms with Gasteiger partial charge in [0.05, 0.1) is 35.1 Å². The number of carbonyl (C=O) groups is 1. The molecule has 2 aromatic heterocycles. The van der Waals surface area contributed by atoms with Crippen LogP contribution in [0.5, 0.6) is 5.75 Å². The number of benzene rings is 2. The highest BCUT2D eigenvalue weighted by Gasteiger charge is 2.39. The number of halogens is 1. The van der Waals surface area contributed by atoms with E-state index in [0.29, 0.717) is 30.3 Å². The Bertz CT molecular complexity index is 1790. The van der Waals surface area contributed by atoms with E-state index in [1.165, 1.54) is 18.5 Å². The van der Waals surface area contributed by atoms with Crippen LogP contribution in [0.1, 0.15) is 43.1 Å². The van der Waals surface area contributed by atoms with Crippen molar-refractivity contribution in [2.45, 2.75) is 56.3 Å². The first-order valence-electron chi connectivity index (χ1n) is 13.4. The van der Waals surface area contributed by atoms with Crippen molar-refractivity contribution in [3.8, 4) is 5.75 Å². The summed E-state index contributed by atoms with van der Waals surface area (Å²) in [5.41, 5.74) is 3.19. The van der Waals surface area contributed by atoms with Crippen molar-refractivity contribution in [3.63, 3.8) is 0 Å². The van der Waals surface area contributed by atoms with E-state index < -0.39 is 22.0 Å². The van der Waals surface area contributed by atoms with Crippen LogP contribution in [0.25, 0.3) is 11.0 Å². The minimum atomic E-state index is -4.28. The van der Waals surface area contributed by atoms with Crippen LogP contribution in [0.4, 0.5) is 0 Å². The van der Waals surface area contributed by atoms with Gasteiger partial charge in [0.15, 0.2) is 0 Å². The molecule has 0 radical (unpaired) electrons. The lowest BCUT2D eigenvalue weighted by Gasteiger charge is -2.31. The third-order valence-electron chi connectivity index (χ3n) is 7.60. The number of ether oxygens (including phenoxy) is 1. The van der Waals surface area contributed by atoms with E-state index in [1.54, 1.807) is 16.9 Å². The minimum Gasteiger partial charge on any atom is -0.493 e. The highest BCUT2D eigenvalue weighted by molar-refractivity contribution is 7.89. The first-order valence-corrected chi connectivity index (χ1v) is 16.0. The molecule has 4 heterocycles. The molecule has 0 saturated heterocycles. The van der Waals surface area contributed by atoms with Crippen molar-refractivity contribution >= 4 is 50.3 Å². The molecular formula is C27H29ClN8O4S2. The summed E-state index contributed by atoms with van der Waals surface area (Å²) in [5, 5.41) is 11.3. The summed E-state index contributed by atoms with van der Waals surface area (Å²) in [6.07, 6.45) is 5.04. The number of sulfonamides is 1. The minimum absolute atomic E-state index is 0.00327. The highest BCUT2D eigenvalue weighted by Crippen LogP contribution is 2.36. The Morgan fingerprint density at radius 2 is 2.07 bits per heavy atom. The van der Waals surface area contributed by atoms with Crippen molar-refractivity contribution in [2.24, 2.45) is 0 Å². The molecule has 2 aromatic carbocycles. The number of rotatable bonds is 8. The molecule has 0 aliphatic carbocycles. The molecule has 220 valence electrons. The monoisotopic (exact) mass is 628 g/mol. The van der Waals surface area contributed by atoms with E-state index in [1.807, 2.05) is 0 Å². The number of nitrogens with zero attached hydrogens (tertiary/aromatic N) is 7. The Balaban J connectivity index is 1.26. The van der Waals surface area contributed by atoms with Gasteiger partial charge in [-0.25, -0.2) is 13.1 Å². The van der Waals surface area contributed by atoms with E-state index in [2.05, 4.69) is 68.4 Å². The molecule has 0 spiro atoms. The molecule has 2 aliphatic heterocycles. The van der Waals surface area contributed by atoms with E-state index in [-0.39, 0.29) is 27.9 Å². The second-order valence-corrected chi connectivity index (χ2v) is 13.3. The first-order chi connectivity index (χ1) is 20.1. The molecule has 0 bridgehead atoms. The lowest BCUT2D eigenvalue weighted by Crippen LogP contribution is -2.50. The Hall–Kier alpha value is -3.59. The van der Waals surface area contributed by atoms with Gasteiger partial charge in [0.1, 0.15) is 27.7 Å². The number of amides is 1. The molecular weight excluding hydrogens is 600 g/mol. The molecule has 2 aliphatic rings. The number of hydrogen-bond acceptors (Lipinski definition) is 10. The number of carbonyl (C=O) groups excluding carboxylic acids is 1. The standard InChI is InChI=1S/C27H29ClN8O4S2/c1-16(2)34(3)14-17-4-5-19-22(8-11-40-24(19)12-17)35-15-18(30-33-35)13-23-27(37)29-9-10-36(23)42(38,39)26-20(28)6-7-21-25(26)32-41-31-21/h4-7,9-10,12,15-16,22-23H,8,11,13-14H2,1-3H3,(H,29,37). The SMILES string of the molecule is CC(C)N(C)Cc1ccc2c(c1)OCCC2n1cc(CC2C(=O)NC=CN2S(=O)(=O)c2c(Cl)ccc3nsnc23)nn1. The highest BCUT2D eigenvalue weighted by atomic mass is 35.5. The Morgan fingerprint density at radius 1 is 1.24 bits per heavy atom. The van der Waals surface area contributed by atoms with Gasteiger partial charge in [-0.2, -0.15) is 8.75 Å². The summed E-state index contributed by atoms with van der Waals surface area (Å²) in [7, 11) is -2.19. The van der Waals surface area contributed by atoms with Crippen molar-refractivity contribution in [2.75, 3.05) is 13.7 Å². The van der Waals surface area contributed by atoms with Gasteiger partial charge >= 0.3 is 0 Å².